The van der Waals surface area contributed by atoms with Crippen LogP contribution in [-0.4, -0.2) is 74.6 Å². The molecule has 1 fully saturated rings. The van der Waals surface area contributed by atoms with Gasteiger partial charge < -0.3 is 19.5 Å². The van der Waals surface area contributed by atoms with Crippen LogP contribution in [0.1, 0.15) is 27.7 Å². The van der Waals surface area contributed by atoms with Crippen LogP contribution in [0.5, 0.6) is 0 Å². The van der Waals surface area contributed by atoms with E-state index in [1.165, 1.54) is 11.8 Å². The van der Waals surface area contributed by atoms with E-state index < -0.39 is 57.6 Å². The predicted molar refractivity (Wildman–Crippen MR) is 119 cm³/mol. The lowest BCUT2D eigenvalue weighted by Gasteiger charge is -2.50. The molecule has 11 nitrogen and oxygen atoms in total. The minimum atomic E-state index is -1.88. The van der Waals surface area contributed by atoms with Gasteiger partial charge in [0.2, 0.25) is 16.4 Å². The minimum Gasteiger partial charge on any atom is -0.455 e. The van der Waals surface area contributed by atoms with Gasteiger partial charge in [-0.15, -0.1) is 11.8 Å². The third-order valence-electron chi connectivity index (χ3n) is 4.05. The highest BCUT2D eigenvalue weighted by Crippen LogP contribution is 2.42. The number of nitrogens with zero attached hydrogens (tertiary/aromatic N) is 1. The van der Waals surface area contributed by atoms with E-state index in [2.05, 4.69) is 10.6 Å². The van der Waals surface area contributed by atoms with Crippen molar-refractivity contribution in [3.63, 3.8) is 0 Å². The molecule has 0 aromatic carbocycles. The van der Waals surface area contributed by atoms with E-state index in [1.54, 1.807) is 20.8 Å². The first-order valence-electron chi connectivity index (χ1n) is 9.42. The van der Waals surface area contributed by atoms with Crippen molar-refractivity contribution in [3.8, 4) is 0 Å². The van der Waals surface area contributed by atoms with E-state index in [0.29, 0.717) is 6.41 Å². The topological polar surface area (TPSA) is 140 Å². The van der Waals surface area contributed by atoms with Crippen LogP contribution < -0.4 is 10.6 Å². The molecule has 0 radical (unpaired) electrons. The van der Waals surface area contributed by atoms with Crippen LogP contribution in [0.4, 0.5) is 4.79 Å². The summed E-state index contributed by atoms with van der Waals surface area (Å²) in [5.41, 5.74) is -1.06. The maximum atomic E-state index is 13.0. The van der Waals surface area contributed by atoms with Gasteiger partial charge in [-0.05, 0) is 20.8 Å². The lowest BCUT2D eigenvalue weighted by Crippen LogP contribution is -2.70. The average Bonchev–Trinajstić information content (AvgIpc) is 2.66. The highest BCUT2D eigenvalue weighted by molar-refractivity contribution is 8.00. The Balaban J connectivity index is 2.43. The van der Waals surface area contributed by atoms with Crippen molar-refractivity contribution in [1.82, 2.24) is 15.5 Å². The van der Waals surface area contributed by atoms with Gasteiger partial charge >= 0.3 is 18.0 Å². The van der Waals surface area contributed by atoms with Crippen molar-refractivity contribution >= 4 is 76.9 Å². The molecule has 0 spiro atoms. The standard InChI is InChI=1S/C18H22Cl3N3O8S/c1-8(26)31-12(23-16(29)30-6-18(19,20)21)9-5-33-14-10(22-7-25)13(27)24(14)11(9)15(28)32-17(2,3)4/h7,10,12,14H,5-6H2,1-4H3,(H,22,25)(H,23,29)/t10-,12?,14+/m0/s1. The van der Waals surface area contributed by atoms with Crippen molar-refractivity contribution in [3.05, 3.63) is 11.3 Å². The number of ether oxygens (including phenoxy) is 3. The second-order valence-electron chi connectivity index (χ2n) is 7.87. The summed E-state index contributed by atoms with van der Waals surface area (Å²) in [5.74, 6) is -2.20. The Morgan fingerprint density at radius 3 is 2.42 bits per heavy atom. The van der Waals surface area contributed by atoms with Crippen LogP contribution in [0, 0.1) is 0 Å². The van der Waals surface area contributed by atoms with Crippen molar-refractivity contribution in [2.75, 3.05) is 12.4 Å². The lowest BCUT2D eigenvalue weighted by molar-refractivity contribution is -0.159. The quantitative estimate of drug-likeness (QED) is 0.122. The molecule has 0 saturated carbocycles. The summed E-state index contributed by atoms with van der Waals surface area (Å²) in [4.78, 5) is 61.6. The molecule has 2 aliphatic heterocycles. The molecule has 2 heterocycles. The Bertz CT molecular complexity index is 871. The largest absolute Gasteiger partial charge is 0.455 e. The molecular weight excluding hydrogens is 525 g/mol. The third-order valence-corrected chi connectivity index (χ3v) is 5.68. The molecule has 3 atom stereocenters. The zero-order valence-corrected chi connectivity index (χ0v) is 21.1. The number of nitrogens with one attached hydrogen (secondary N) is 2. The van der Waals surface area contributed by atoms with E-state index in [1.807, 2.05) is 0 Å². The SMILES string of the molecule is CC(=O)OC(NC(=O)OCC(Cl)(Cl)Cl)C1=C(C(=O)OC(C)(C)C)N2C(=O)[C@H](NC=O)[C@H]2SC1. The highest BCUT2D eigenvalue weighted by atomic mass is 35.6. The molecule has 1 unspecified atom stereocenters. The number of rotatable bonds is 7. The Labute approximate surface area is 208 Å². The van der Waals surface area contributed by atoms with Gasteiger partial charge in [0.05, 0.1) is 0 Å². The number of amides is 3. The Kier molecular flexibility index (Phi) is 8.77. The predicted octanol–water partition coefficient (Wildman–Crippen LogP) is 1.60. The molecule has 33 heavy (non-hydrogen) atoms. The van der Waals surface area contributed by atoms with E-state index in [9.17, 15) is 24.0 Å². The normalized spacial score (nSPS) is 21.3. The van der Waals surface area contributed by atoms with Gasteiger partial charge in [0.25, 0.3) is 5.91 Å². The molecule has 0 aromatic heterocycles. The summed E-state index contributed by atoms with van der Waals surface area (Å²) in [6, 6.07) is -0.846. The van der Waals surface area contributed by atoms with Gasteiger partial charge in [-0.2, -0.15) is 0 Å². The van der Waals surface area contributed by atoms with Gasteiger partial charge in [-0.1, -0.05) is 34.8 Å². The van der Waals surface area contributed by atoms with Crippen LogP contribution in [0.3, 0.4) is 0 Å². The average molecular weight is 547 g/mol. The first-order chi connectivity index (χ1) is 15.1. The number of thioether (sulfide) groups is 1. The highest BCUT2D eigenvalue weighted by Gasteiger charge is 2.55. The minimum absolute atomic E-state index is 0.0444. The van der Waals surface area contributed by atoms with Crippen LogP contribution in [0.2, 0.25) is 0 Å². The first kappa shape index (κ1) is 27.4. The number of halogens is 3. The zero-order valence-electron chi connectivity index (χ0n) is 18.0. The molecule has 0 aromatic rings. The molecular formula is C18H22Cl3N3O8S. The van der Waals surface area contributed by atoms with Gasteiger partial charge in [0.15, 0.2) is 0 Å². The first-order valence-corrected chi connectivity index (χ1v) is 11.6. The summed E-state index contributed by atoms with van der Waals surface area (Å²) in [6.45, 7) is 5.38. The number of esters is 2. The second-order valence-corrected chi connectivity index (χ2v) is 11.5. The summed E-state index contributed by atoms with van der Waals surface area (Å²) in [7, 11) is 0. The van der Waals surface area contributed by atoms with Crippen molar-refractivity contribution in [2.24, 2.45) is 0 Å². The Hall–Kier alpha value is -1.89. The van der Waals surface area contributed by atoms with Crippen molar-refractivity contribution in [1.29, 1.82) is 0 Å². The molecule has 184 valence electrons. The van der Waals surface area contributed by atoms with E-state index >= 15 is 0 Å². The number of β-lactam (4-membered cyclic amide) rings is 1. The van der Waals surface area contributed by atoms with Crippen molar-refractivity contribution in [2.45, 2.75) is 54.7 Å². The fourth-order valence-electron chi connectivity index (χ4n) is 2.90. The Morgan fingerprint density at radius 2 is 1.91 bits per heavy atom. The summed E-state index contributed by atoms with van der Waals surface area (Å²) < 4.78 is 13.5. The number of alkyl carbamates (subject to hydrolysis) is 1. The van der Waals surface area contributed by atoms with Gasteiger partial charge in [-0.25, -0.2) is 9.59 Å². The number of carbonyl (C=O) groups excluding carboxylic acids is 5. The molecule has 1 saturated heterocycles. The summed E-state index contributed by atoms with van der Waals surface area (Å²) in [5, 5.41) is 4.08. The molecule has 2 aliphatic rings. The molecule has 2 N–H and O–H groups in total. The maximum Gasteiger partial charge on any atom is 0.410 e. The van der Waals surface area contributed by atoms with E-state index in [4.69, 9.17) is 49.0 Å². The van der Waals surface area contributed by atoms with E-state index in [-0.39, 0.29) is 17.0 Å². The van der Waals surface area contributed by atoms with Gasteiger partial charge in [0.1, 0.15) is 29.3 Å². The Morgan fingerprint density at radius 1 is 1.27 bits per heavy atom. The van der Waals surface area contributed by atoms with Crippen LogP contribution in [0.15, 0.2) is 11.3 Å². The smallest absolute Gasteiger partial charge is 0.410 e. The monoisotopic (exact) mass is 545 g/mol. The third kappa shape index (κ3) is 7.29. The zero-order chi connectivity index (χ0) is 25.1. The number of fused-ring (bicyclic) bond motifs is 1. The molecule has 15 heteroatoms. The number of hydrogen-bond acceptors (Lipinski definition) is 9. The number of hydrogen-bond donors (Lipinski definition) is 2. The fraction of sp³-hybridized carbons (Fsp3) is 0.611. The van der Waals surface area contributed by atoms with Crippen molar-refractivity contribution < 1.29 is 38.2 Å². The molecule has 0 bridgehead atoms. The molecule has 2 rings (SSSR count). The maximum absolute atomic E-state index is 13.0. The van der Waals surface area contributed by atoms with Crippen LogP contribution in [0.25, 0.3) is 0 Å². The number of carbonyl (C=O) groups is 5. The van der Waals surface area contributed by atoms with Crippen LogP contribution in [-0.2, 0) is 33.4 Å². The van der Waals surface area contributed by atoms with E-state index in [0.717, 1.165) is 11.8 Å². The number of alkyl halides is 3. The summed E-state index contributed by atoms with van der Waals surface area (Å²) >= 11 is 17.9. The molecule has 0 aliphatic carbocycles. The van der Waals surface area contributed by atoms with Gasteiger partial charge in [0, 0.05) is 18.2 Å². The fourth-order valence-corrected chi connectivity index (χ4v) is 4.45. The second kappa shape index (κ2) is 10.6. The lowest BCUT2D eigenvalue weighted by atomic mass is 10.0. The summed E-state index contributed by atoms with van der Waals surface area (Å²) in [6.07, 6.45) is -2.21. The van der Waals surface area contributed by atoms with Crippen LogP contribution >= 0.6 is 46.6 Å². The molecule has 3 amide bonds. The van der Waals surface area contributed by atoms with Gasteiger partial charge in [-0.3, -0.25) is 24.6 Å².